The first-order chi connectivity index (χ1) is 25.0. The Morgan fingerprint density at radius 2 is 1.56 bits per heavy atom. The maximum absolute atomic E-state index is 13.4. The van der Waals surface area contributed by atoms with Gasteiger partial charge in [0.15, 0.2) is 35.3 Å². The fourth-order valence-electron chi connectivity index (χ4n) is 5.33. The Hall–Kier alpha value is -5.60. The highest BCUT2D eigenvalue weighted by atomic mass is 16.6. The van der Waals surface area contributed by atoms with Crippen LogP contribution in [-0.4, -0.2) is 115 Å². The minimum atomic E-state index is -1.51. The van der Waals surface area contributed by atoms with Crippen LogP contribution in [0.3, 0.4) is 0 Å². The van der Waals surface area contributed by atoms with Crippen molar-refractivity contribution in [3.8, 4) is 40.4 Å². The number of nitrogens with zero attached hydrogens (tertiary/aromatic N) is 3. The normalized spacial score (nSPS) is 16.7. The van der Waals surface area contributed by atoms with Gasteiger partial charge in [-0.3, -0.25) is 9.78 Å². The van der Waals surface area contributed by atoms with Crippen molar-refractivity contribution in [3.05, 3.63) is 75.3 Å². The third-order valence-corrected chi connectivity index (χ3v) is 7.68. The topological polar surface area (TPSA) is 283 Å². The van der Waals surface area contributed by atoms with Crippen LogP contribution in [-0.2, 0) is 36.6 Å². The van der Waals surface area contributed by atoms with E-state index in [-0.39, 0.29) is 41.3 Å². The monoisotopic (exact) mass is 729 g/mol. The Morgan fingerprint density at radius 1 is 0.865 bits per heavy atom. The van der Waals surface area contributed by atoms with Crippen LogP contribution >= 0.6 is 0 Å². The summed E-state index contributed by atoms with van der Waals surface area (Å²) in [4.78, 5) is 27.5. The van der Waals surface area contributed by atoms with Gasteiger partial charge in [-0.2, -0.15) is 0 Å². The number of hydrogen-bond donors (Lipinski definition) is 8. The molecule has 0 spiro atoms. The van der Waals surface area contributed by atoms with E-state index in [0.717, 1.165) is 30.3 Å². The first-order valence-corrected chi connectivity index (χ1v) is 16.1. The maximum atomic E-state index is 13.4. The molecule has 19 nitrogen and oxygen atoms in total. The summed E-state index contributed by atoms with van der Waals surface area (Å²) in [5, 5.41) is 69.8. The van der Waals surface area contributed by atoms with Crippen LogP contribution in [0.1, 0.15) is 39.4 Å². The largest absolute Gasteiger partial charge is 0.508 e. The van der Waals surface area contributed by atoms with E-state index >= 15 is 0 Å². The number of pyridine rings is 1. The predicted molar refractivity (Wildman–Crippen MR) is 176 cm³/mol. The summed E-state index contributed by atoms with van der Waals surface area (Å²) >= 11 is 0. The molecule has 9 N–H and O–H groups in total. The molecule has 5 rings (SSSR count). The molecule has 4 aromatic rings. The van der Waals surface area contributed by atoms with Crippen molar-refractivity contribution in [1.82, 2.24) is 20.0 Å². The third-order valence-electron chi connectivity index (χ3n) is 7.68. The Morgan fingerprint density at radius 3 is 2.25 bits per heavy atom. The lowest BCUT2D eigenvalue weighted by atomic mass is 9.90. The highest BCUT2D eigenvalue weighted by Gasteiger charge is 2.45. The fourth-order valence-corrected chi connectivity index (χ4v) is 5.33. The number of H-pyrrole nitrogens is 1. The van der Waals surface area contributed by atoms with E-state index in [9.17, 15) is 40.2 Å². The van der Waals surface area contributed by atoms with Gasteiger partial charge in [-0.05, 0) is 12.1 Å². The second-order valence-corrected chi connectivity index (χ2v) is 11.5. The van der Waals surface area contributed by atoms with Crippen LogP contribution in [0.15, 0.2) is 47.4 Å². The van der Waals surface area contributed by atoms with Gasteiger partial charge in [0.2, 0.25) is 0 Å². The molecule has 0 aliphatic carbocycles. The number of carbonyl (C=O) groups is 1. The van der Waals surface area contributed by atoms with E-state index in [0.29, 0.717) is 58.3 Å². The zero-order valence-corrected chi connectivity index (χ0v) is 27.7. The number of rotatable bonds is 18. The number of aromatic nitrogens is 4. The Balaban J connectivity index is 1.31. The molecule has 3 unspecified atom stereocenters. The highest BCUT2D eigenvalue weighted by Crippen LogP contribution is 2.51. The summed E-state index contributed by atoms with van der Waals surface area (Å²) in [5.74, 6) is -4.92. The molecule has 0 radical (unpaired) electrons. The molecule has 2 aromatic carbocycles. The number of fused-ring (bicyclic) bond motifs is 1. The van der Waals surface area contributed by atoms with Crippen LogP contribution in [0.2, 0.25) is 0 Å². The first-order valence-electron chi connectivity index (χ1n) is 16.1. The van der Waals surface area contributed by atoms with Crippen molar-refractivity contribution in [1.29, 1.82) is 0 Å². The van der Waals surface area contributed by atoms with Crippen molar-refractivity contribution < 1.29 is 63.9 Å². The molecule has 1 aliphatic rings. The lowest BCUT2D eigenvalue weighted by Gasteiger charge is -2.39. The van der Waals surface area contributed by atoms with Crippen LogP contribution in [0.4, 0.5) is 0 Å². The Bertz CT molecular complexity index is 1860. The van der Waals surface area contributed by atoms with Gasteiger partial charge in [0.05, 0.1) is 69.6 Å². The zero-order chi connectivity index (χ0) is 37.2. The summed E-state index contributed by atoms with van der Waals surface area (Å²) in [6.07, 6.45) is -2.09. The molecule has 0 saturated heterocycles. The van der Waals surface area contributed by atoms with Gasteiger partial charge in [-0.25, -0.2) is 9.48 Å². The van der Waals surface area contributed by atoms with E-state index in [2.05, 4.69) is 15.3 Å². The Kier molecular flexibility index (Phi) is 12.7. The molecule has 19 heteroatoms. The minimum absolute atomic E-state index is 0.00679. The summed E-state index contributed by atoms with van der Waals surface area (Å²) in [5.41, 5.74) is 4.84. The van der Waals surface area contributed by atoms with Crippen molar-refractivity contribution in [3.63, 3.8) is 0 Å². The van der Waals surface area contributed by atoms with Crippen LogP contribution < -0.4 is 16.0 Å². The fraction of sp³-hybridized carbons (Fsp3) is 0.394. The minimum Gasteiger partial charge on any atom is -0.508 e. The third kappa shape index (κ3) is 9.59. The first kappa shape index (κ1) is 37.7. The zero-order valence-electron chi connectivity index (χ0n) is 27.7. The molecule has 3 atom stereocenters. The number of phenolic OH excluding ortho intramolecular Hbond substituents is 5. The number of hydrogen-bond acceptors (Lipinski definition) is 17. The average Bonchev–Trinajstić information content (AvgIpc) is 3.55. The molecule has 0 saturated carbocycles. The predicted octanol–water partition coefficient (Wildman–Crippen LogP) is 0.868. The second kappa shape index (κ2) is 17.6. The summed E-state index contributed by atoms with van der Waals surface area (Å²) < 4.78 is 35.8. The number of esters is 1. The number of aromatic hydroxyl groups is 6. The molecule has 52 heavy (non-hydrogen) atoms. The lowest BCUT2D eigenvalue weighted by molar-refractivity contribution is -0.112. The van der Waals surface area contributed by atoms with Crippen molar-refractivity contribution in [2.75, 3.05) is 52.8 Å². The van der Waals surface area contributed by atoms with E-state index in [1.807, 2.05) is 0 Å². The molecular weight excluding hydrogens is 690 g/mol. The standard InChI is InChI=1S/C33H39N5O14/c34-2-5-48-8-10-49-9-7-47-4-1-20-17-38(37-36-20)3-6-50-31-28-22(40)15-21(39)16-25(28)51-30(18-11-23(41)29(45)24(42)12-18)32(31)52-33(46)19-13-26(43)35-27(44)14-19/h11-17,30-32,39-42,45H,1-10,34H2,(H2,35,43,44). The summed E-state index contributed by atoms with van der Waals surface area (Å²) in [7, 11) is 0. The average molecular weight is 730 g/mol. The SMILES string of the molecule is NCCOCCOCCOCCc1cn(CCOC2c3c(O)cc(O)cc3OC(c3cc(O)c(O)c(O)c3)C2OC(=O)c2cc(O)[nH]c(=O)c2)nn1. The van der Waals surface area contributed by atoms with Crippen LogP contribution in [0.5, 0.6) is 40.4 Å². The number of ether oxygens (including phenoxy) is 6. The number of aromatic amines is 1. The molecular formula is C33H39N5O14. The second-order valence-electron chi connectivity index (χ2n) is 11.5. The molecule has 2 aromatic heterocycles. The quantitative estimate of drug-likeness (QED) is 0.0400. The molecule has 3 heterocycles. The van der Waals surface area contributed by atoms with E-state index < -0.39 is 58.7 Å². The molecule has 0 fully saturated rings. The van der Waals surface area contributed by atoms with Gasteiger partial charge in [0.25, 0.3) is 5.56 Å². The number of carbonyl (C=O) groups excluding carboxylic acids is 1. The summed E-state index contributed by atoms with van der Waals surface area (Å²) in [6, 6.07) is 6.17. The van der Waals surface area contributed by atoms with Gasteiger partial charge in [0, 0.05) is 49.0 Å². The van der Waals surface area contributed by atoms with Gasteiger partial charge in [0.1, 0.15) is 23.4 Å². The van der Waals surface area contributed by atoms with Gasteiger partial charge in [-0.15, -0.1) is 5.10 Å². The molecule has 1 aliphatic heterocycles. The van der Waals surface area contributed by atoms with Gasteiger partial charge in [-0.1, -0.05) is 5.21 Å². The van der Waals surface area contributed by atoms with Gasteiger partial charge >= 0.3 is 5.97 Å². The van der Waals surface area contributed by atoms with Crippen LogP contribution in [0, 0.1) is 0 Å². The van der Waals surface area contributed by atoms with Gasteiger partial charge < -0.3 is 64.8 Å². The Labute approximate surface area is 295 Å². The van der Waals surface area contributed by atoms with Crippen molar-refractivity contribution >= 4 is 5.97 Å². The summed E-state index contributed by atoms with van der Waals surface area (Å²) in [6.45, 7) is 3.01. The molecule has 0 amide bonds. The number of benzene rings is 2. The number of nitrogens with one attached hydrogen (secondary N) is 1. The lowest BCUT2D eigenvalue weighted by Crippen LogP contribution is -2.40. The van der Waals surface area contributed by atoms with Crippen LogP contribution in [0.25, 0.3) is 0 Å². The smallest absolute Gasteiger partial charge is 0.339 e. The molecule has 280 valence electrons. The number of phenols is 5. The van der Waals surface area contributed by atoms with Crippen molar-refractivity contribution in [2.45, 2.75) is 31.3 Å². The molecule has 0 bridgehead atoms. The van der Waals surface area contributed by atoms with E-state index in [4.69, 9.17) is 34.2 Å². The van der Waals surface area contributed by atoms with E-state index in [1.54, 1.807) is 6.20 Å². The van der Waals surface area contributed by atoms with Crippen molar-refractivity contribution in [2.24, 2.45) is 5.73 Å². The maximum Gasteiger partial charge on any atom is 0.339 e. The highest BCUT2D eigenvalue weighted by molar-refractivity contribution is 5.89. The van der Waals surface area contributed by atoms with E-state index in [1.165, 1.54) is 10.7 Å². The number of nitrogens with two attached hydrogens (primary N) is 1.